The molecule has 99 heavy (non-hydrogen) atoms. The topological polar surface area (TPSA) is 352 Å². The van der Waals surface area contributed by atoms with E-state index >= 15 is 0 Å². The number of aryl methyl sites for hydroxylation is 3. The molecule has 8 aliphatic heterocycles. The number of anilines is 5. The van der Waals surface area contributed by atoms with Gasteiger partial charge in [-0.2, -0.15) is 10.2 Å². The Kier molecular flexibility index (Phi) is 19.7. The number of pyridine rings is 1. The Hall–Kier alpha value is -8.79. The minimum absolute atomic E-state index is 0.0598. The van der Waals surface area contributed by atoms with Gasteiger partial charge < -0.3 is 47.9 Å². The molecule has 0 spiro atoms. The Balaban J connectivity index is 0.000000119. The van der Waals surface area contributed by atoms with E-state index < -0.39 is 0 Å². The van der Waals surface area contributed by atoms with Crippen LogP contribution in [0.2, 0.25) is 10.0 Å². The van der Waals surface area contributed by atoms with Gasteiger partial charge in [-0.3, -0.25) is 30.2 Å². The first kappa shape index (κ1) is 68.7. The van der Waals surface area contributed by atoms with Gasteiger partial charge in [0, 0.05) is 110 Å². The smallest absolute Gasteiger partial charge is 0.147 e. The highest BCUT2D eigenvalue weighted by Gasteiger charge is 2.35. The van der Waals surface area contributed by atoms with Crippen molar-refractivity contribution in [1.82, 2.24) is 65.3 Å². The average Bonchev–Trinajstić information content (AvgIpc) is 1.67. The maximum absolute atomic E-state index is 6.48. The van der Waals surface area contributed by atoms with Gasteiger partial charge in [-0.1, -0.05) is 55.2 Å². The van der Waals surface area contributed by atoms with Crippen LogP contribution in [-0.4, -0.2) is 172 Å². The molecule has 4 fully saturated rings. The third-order valence-corrected chi connectivity index (χ3v) is 21.7. The number of H-pyrrole nitrogens is 2. The summed E-state index contributed by atoms with van der Waals surface area (Å²) in [7, 11) is 1.79. The van der Waals surface area contributed by atoms with Crippen molar-refractivity contribution in [2.45, 2.75) is 137 Å². The van der Waals surface area contributed by atoms with Crippen molar-refractivity contribution in [3.8, 4) is 0 Å². The largest absolute Gasteiger partial charge is 0.372 e. The second-order valence-electron chi connectivity index (χ2n) is 28.6. The van der Waals surface area contributed by atoms with E-state index in [0.29, 0.717) is 37.0 Å². The Morgan fingerprint density at radius 3 is 1.10 bits per heavy atom. The first-order valence-corrected chi connectivity index (χ1v) is 35.1. The van der Waals surface area contributed by atoms with Gasteiger partial charge in [0.25, 0.3) is 0 Å². The minimum atomic E-state index is -0.0706. The van der Waals surface area contributed by atoms with E-state index in [1.807, 2.05) is 69.8 Å². The summed E-state index contributed by atoms with van der Waals surface area (Å²) in [6, 6.07) is 7.85. The molecule has 1 aromatic carbocycles. The van der Waals surface area contributed by atoms with Crippen molar-refractivity contribution in [1.29, 1.82) is 0 Å². The summed E-state index contributed by atoms with van der Waals surface area (Å²) in [6.07, 6.45) is 21.0. The van der Waals surface area contributed by atoms with E-state index in [1.165, 1.54) is 0 Å². The fourth-order valence-corrected chi connectivity index (χ4v) is 14.0. The van der Waals surface area contributed by atoms with E-state index in [0.717, 1.165) is 253 Å². The highest BCUT2D eigenvalue weighted by Crippen LogP contribution is 2.37. The van der Waals surface area contributed by atoms with Crippen molar-refractivity contribution in [3.05, 3.63) is 162 Å². The summed E-state index contributed by atoms with van der Waals surface area (Å²) in [6.45, 7) is 26.0. The molecule has 8 aromatic rings. The fraction of sp³-hybridized carbons (Fsp3) is 0.479. The second kappa shape index (κ2) is 28.4. The summed E-state index contributed by atoms with van der Waals surface area (Å²) in [5.74, 6) is 4.35. The molecular weight excluding hydrogens is 1290 g/mol. The molecule has 0 amide bonds. The lowest BCUT2D eigenvalue weighted by Gasteiger charge is -2.39. The number of aromatic amines is 2. The number of hydrogen-bond donors (Lipinski definition) is 7. The number of piperidine rings is 4. The zero-order valence-electron chi connectivity index (χ0n) is 58.0. The fourth-order valence-electron chi connectivity index (χ4n) is 13.5. The van der Waals surface area contributed by atoms with Crippen LogP contribution < -0.4 is 47.9 Å². The van der Waals surface area contributed by atoms with Gasteiger partial charge in [-0.15, -0.1) is 0 Å². The maximum atomic E-state index is 6.48. The SMILES string of the molecule is CNc1nccc(C2=NCc3nc(N4CCC(C)(CN)CC4)cnc32)c1Cl.Cc1[nH]ncc1C1=NCc2nc(N3CCC(C)(CN)CC3)cnc21.Cc1[nH]ncc1C1=NCc2nc(N3CCC(C)(N)CC3)cnc21.Cc1cccc(C2=NCc3nc(N4CCC(C)(N)CC4)cnc32)c1Cl. The predicted octanol–water partition coefficient (Wildman–Crippen LogP) is 8.19. The lowest BCUT2D eigenvalue weighted by atomic mass is 9.80. The first-order valence-electron chi connectivity index (χ1n) is 34.3. The molecule has 0 aliphatic carbocycles. The third kappa shape index (κ3) is 14.6. The molecule has 28 heteroatoms. The van der Waals surface area contributed by atoms with Crippen molar-refractivity contribution in [2.24, 2.45) is 53.7 Å². The number of fused-ring (bicyclic) bond motifs is 4. The molecule has 0 saturated carbocycles. The molecule has 11 N–H and O–H groups in total. The molecule has 4 saturated heterocycles. The highest BCUT2D eigenvalue weighted by atomic mass is 35.5. The molecule has 15 heterocycles. The number of nitrogens with zero attached hydrogens (tertiary/aromatic N) is 19. The van der Waals surface area contributed by atoms with E-state index in [4.69, 9.17) is 66.1 Å². The lowest BCUT2D eigenvalue weighted by molar-refractivity contribution is 0.257. The van der Waals surface area contributed by atoms with Crippen LogP contribution in [0.5, 0.6) is 0 Å². The quantitative estimate of drug-likeness (QED) is 0.0641. The first-order chi connectivity index (χ1) is 47.6. The molecule has 518 valence electrons. The number of aromatic nitrogens is 13. The van der Waals surface area contributed by atoms with Crippen LogP contribution in [0.3, 0.4) is 0 Å². The molecule has 0 bridgehead atoms. The number of hydrogen-bond acceptors (Lipinski definition) is 24. The second-order valence-corrected chi connectivity index (χ2v) is 29.3. The minimum Gasteiger partial charge on any atom is -0.372 e. The van der Waals surface area contributed by atoms with Gasteiger partial charge in [-0.05, 0) is 122 Å². The van der Waals surface area contributed by atoms with E-state index in [9.17, 15) is 0 Å². The Labute approximate surface area is 588 Å². The third-order valence-electron chi connectivity index (χ3n) is 20.8. The van der Waals surface area contributed by atoms with Gasteiger partial charge in [0.1, 0.15) is 51.9 Å². The van der Waals surface area contributed by atoms with E-state index in [2.05, 4.69) is 118 Å². The van der Waals surface area contributed by atoms with Crippen molar-refractivity contribution >= 4 is 75.1 Å². The van der Waals surface area contributed by atoms with Crippen LogP contribution in [-0.2, 0) is 26.2 Å². The van der Waals surface area contributed by atoms with Crippen LogP contribution in [0.15, 0.2) is 87.6 Å². The monoisotopic (exact) mass is 1380 g/mol. The van der Waals surface area contributed by atoms with Crippen molar-refractivity contribution in [3.63, 3.8) is 0 Å². The van der Waals surface area contributed by atoms with Gasteiger partial charge >= 0.3 is 0 Å². The maximum Gasteiger partial charge on any atom is 0.147 e. The van der Waals surface area contributed by atoms with Crippen LogP contribution in [0.1, 0.15) is 164 Å². The zero-order valence-corrected chi connectivity index (χ0v) is 59.5. The molecule has 0 atom stereocenters. The zero-order chi connectivity index (χ0) is 69.4. The molecule has 26 nitrogen and oxygen atoms in total. The Bertz CT molecular complexity index is 4400. The average molecular weight is 1380 g/mol. The van der Waals surface area contributed by atoms with E-state index in [-0.39, 0.29) is 21.9 Å². The van der Waals surface area contributed by atoms with Gasteiger partial charge in [0.2, 0.25) is 0 Å². The van der Waals surface area contributed by atoms with E-state index in [1.54, 1.807) is 25.6 Å². The lowest BCUT2D eigenvalue weighted by Crippen LogP contribution is -2.48. The molecule has 16 rings (SSSR count). The predicted molar refractivity (Wildman–Crippen MR) is 392 cm³/mol. The molecular formula is C71H90Cl2N26. The summed E-state index contributed by atoms with van der Waals surface area (Å²) in [5, 5.41) is 18.3. The Morgan fingerprint density at radius 1 is 0.444 bits per heavy atom. The van der Waals surface area contributed by atoms with Crippen molar-refractivity contribution in [2.75, 3.05) is 97.4 Å². The van der Waals surface area contributed by atoms with Crippen molar-refractivity contribution < 1.29 is 0 Å². The number of nitrogens with one attached hydrogen (secondary N) is 3. The molecule has 7 aromatic heterocycles. The molecule has 0 radical (unpaired) electrons. The number of benzene rings is 1. The summed E-state index contributed by atoms with van der Waals surface area (Å²) >= 11 is 12.9. The van der Waals surface area contributed by atoms with Gasteiger partial charge in [-0.25, -0.2) is 44.9 Å². The number of halogens is 2. The Morgan fingerprint density at radius 2 is 0.778 bits per heavy atom. The summed E-state index contributed by atoms with van der Waals surface area (Å²) in [4.78, 5) is 69.9. The molecule has 8 aliphatic rings. The van der Waals surface area contributed by atoms with Crippen LogP contribution in [0.25, 0.3) is 0 Å². The van der Waals surface area contributed by atoms with Gasteiger partial charge in [0.15, 0.2) is 0 Å². The standard InChI is InChI=1S/C19H24ClN7.C19H22ClN5.C17H23N7.C16H21N7/c1-19(11-21)4-7-27(8-5-19)14-10-25-17-13(26-14)9-24-16(17)12-3-6-23-18(22-2)15(12)20;1-12-4-3-5-13(16(12)20)17-18-14(10-22-17)24-15(11-23-18)25-8-6-19(2,21)7-9-25;1-11-12(7-21-23-11)15-16-13(8-19-15)22-14(9-20-16)24-5-3-17(2,10-18)4-6-24;1-10-11(7-20-22-10)14-15-12(8-18-14)21-13(9-19-15)23-5-3-16(2,17)4-6-23/h3,6,10H,4-5,7-9,11,21H2,1-2H3,(H,22,23);3-5,11H,6-10,21H2,1-2H3;7,9H,3-6,8,10,18H2,1-2H3,(H,21,23);7,9H,3-6,8,17H2,1-2H3,(H,20,22). The molecule has 0 unspecified atom stereocenters. The normalized spacial score (nSPS) is 19.0. The van der Waals surface area contributed by atoms with Crippen LogP contribution >= 0.6 is 23.2 Å². The summed E-state index contributed by atoms with van der Waals surface area (Å²) in [5.41, 5.74) is 41.9. The van der Waals surface area contributed by atoms with Gasteiger partial charge in [0.05, 0.1) is 119 Å². The van der Waals surface area contributed by atoms with Crippen LogP contribution in [0.4, 0.5) is 29.1 Å². The van der Waals surface area contributed by atoms with Crippen LogP contribution in [0, 0.1) is 31.6 Å². The summed E-state index contributed by atoms with van der Waals surface area (Å²) < 4.78 is 0. The number of aliphatic imine (C=N–C) groups is 4. The highest BCUT2D eigenvalue weighted by molar-refractivity contribution is 6.38. The number of rotatable bonds is 11. The number of nitrogens with two attached hydrogens (primary N) is 4.